The lowest BCUT2D eigenvalue weighted by Gasteiger charge is -2.13. The molecule has 0 spiro atoms. The summed E-state index contributed by atoms with van der Waals surface area (Å²) in [4.78, 5) is 28.4. The van der Waals surface area contributed by atoms with Crippen LogP contribution in [0.25, 0.3) is 22.0 Å². The van der Waals surface area contributed by atoms with Crippen LogP contribution in [0.3, 0.4) is 0 Å². The molecular formula is C23H18ClF2N3O4S. The molecule has 0 unspecified atom stereocenters. The van der Waals surface area contributed by atoms with Gasteiger partial charge in [0.05, 0.1) is 12.8 Å². The third-order valence-electron chi connectivity index (χ3n) is 5.29. The van der Waals surface area contributed by atoms with E-state index < -0.39 is 33.1 Å². The molecule has 2 N–H and O–H groups in total. The number of nitrogens with one attached hydrogen (secondary N) is 2. The number of rotatable bonds is 5. The monoisotopic (exact) mass is 505 g/mol. The van der Waals surface area contributed by atoms with Gasteiger partial charge in [-0.3, -0.25) is 9.59 Å². The normalized spacial score (nSPS) is 11.7. The summed E-state index contributed by atoms with van der Waals surface area (Å²) >= 11 is 6.19. The van der Waals surface area contributed by atoms with E-state index in [-0.39, 0.29) is 34.5 Å². The summed E-state index contributed by atoms with van der Waals surface area (Å²) in [5, 5.41) is 0.650. The summed E-state index contributed by atoms with van der Waals surface area (Å²) in [7, 11) is -4.00. The molecule has 34 heavy (non-hydrogen) atoms. The molecule has 2 heterocycles. The van der Waals surface area contributed by atoms with Crippen molar-refractivity contribution in [2.45, 2.75) is 13.5 Å². The van der Waals surface area contributed by atoms with Crippen molar-refractivity contribution in [3.05, 3.63) is 92.5 Å². The van der Waals surface area contributed by atoms with Crippen LogP contribution in [0.2, 0.25) is 5.02 Å². The number of sulfonamides is 1. The number of hydrogen-bond acceptors (Lipinski definition) is 4. The Hall–Kier alpha value is -3.50. The van der Waals surface area contributed by atoms with E-state index in [1.165, 1.54) is 54.1 Å². The first-order valence-electron chi connectivity index (χ1n) is 9.93. The average molecular weight is 506 g/mol. The fraction of sp³-hybridized carbons (Fsp3) is 0.130. The fourth-order valence-corrected chi connectivity index (χ4v) is 4.42. The summed E-state index contributed by atoms with van der Waals surface area (Å²) < 4.78 is 56.0. The molecule has 0 saturated heterocycles. The second-order valence-electron chi connectivity index (χ2n) is 7.76. The van der Waals surface area contributed by atoms with Gasteiger partial charge >= 0.3 is 0 Å². The number of aryl methyl sites for hydroxylation is 1. The number of benzene rings is 2. The van der Waals surface area contributed by atoms with E-state index in [0.29, 0.717) is 15.9 Å². The molecule has 0 atom stereocenters. The highest BCUT2D eigenvalue weighted by Gasteiger charge is 2.28. The third kappa shape index (κ3) is 4.34. The number of aromatic nitrogens is 2. The van der Waals surface area contributed by atoms with E-state index in [9.17, 15) is 26.8 Å². The minimum Gasteiger partial charge on any atom is -0.331 e. The Bertz CT molecular complexity index is 1630. The number of fused-ring (bicyclic) bond motifs is 1. The van der Waals surface area contributed by atoms with Gasteiger partial charge in [-0.2, -0.15) is 0 Å². The van der Waals surface area contributed by atoms with Crippen molar-refractivity contribution >= 4 is 38.4 Å². The van der Waals surface area contributed by atoms with Crippen LogP contribution in [0.1, 0.15) is 21.6 Å². The molecule has 176 valence electrons. The van der Waals surface area contributed by atoms with Gasteiger partial charge in [-0.05, 0) is 42.8 Å². The lowest BCUT2D eigenvalue weighted by molar-refractivity contribution is 0.0974. The van der Waals surface area contributed by atoms with Gasteiger partial charge in [0.25, 0.3) is 11.5 Å². The lowest BCUT2D eigenvalue weighted by atomic mass is 10.0. The number of carbonyl (C=O) groups is 1. The first-order valence-corrected chi connectivity index (χ1v) is 12.2. The number of H-pyrrole nitrogens is 1. The van der Waals surface area contributed by atoms with Gasteiger partial charge in [0, 0.05) is 38.8 Å². The first-order chi connectivity index (χ1) is 16.0. The zero-order valence-electron chi connectivity index (χ0n) is 17.9. The van der Waals surface area contributed by atoms with Gasteiger partial charge in [-0.25, -0.2) is 21.9 Å². The predicted molar refractivity (Wildman–Crippen MR) is 126 cm³/mol. The molecule has 0 bridgehead atoms. The molecule has 7 nitrogen and oxygen atoms in total. The van der Waals surface area contributed by atoms with Crippen LogP contribution in [0.4, 0.5) is 8.78 Å². The molecule has 0 fully saturated rings. The zero-order chi connectivity index (χ0) is 24.8. The second kappa shape index (κ2) is 8.69. The molecule has 0 saturated carbocycles. The van der Waals surface area contributed by atoms with Crippen LogP contribution < -0.4 is 10.3 Å². The Labute approximate surface area is 198 Å². The number of carbonyl (C=O) groups excluding carboxylic acids is 1. The van der Waals surface area contributed by atoms with Gasteiger partial charge in [0.15, 0.2) is 11.6 Å². The van der Waals surface area contributed by atoms with E-state index >= 15 is 0 Å². The largest absolute Gasteiger partial charge is 0.331 e. The Morgan fingerprint density at radius 3 is 2.56 bits per heavy atom. The SMILES string of the molecule is Cc1ccc(Cn2c(C(=O)NS(C)(=O)=O)c(-c3ccc[nH]c3=O)c3cc(Cl)ccc32)c(F)c1F. The highest BCUT2D eigenvalue weighted by atomic mass is 35.5. The summed E-state index contributed by atoms with van der Waals surface area (Å²) in [5.41, 5.74) is -0.186. The van der Waals surface area contributed by atoms with Crippen LogP contribution in [0, 0.1) is 18.6 Å². The van der Waals surface area contributed by atoms with Crippen molar-refractivity contribution in [3.63, 3.8) is 0 Å². The Morgan fingerprint density at radius 2 is 1.88 bits per heavy atom. The maximum atomic E-state index is 14.7. The quantitative estimate of drug-likeness (QED) is 0.428. The van der Waals surface area contributed by atoms with Gasteiger partial charge in [-0.1, -0.05) is 23.7 Å². The third-order valence-corrected chi connectivity index (χ3v) is 6.08. The van der Waals surface area contributed by atoms with Gasteiger partial charge in [0.1, 0.15) is 5.69 Å². The minimum atomic E-state index is -4.00. The molecule has 1 amide bonds. The van der Waals surface area contributed by atoms with Crippen LogP contribution >= 0.6 is 11.6 Å². The average Bonchev–Trinajstić information content (AvgIpc) is 3.06. The van der Waals surface area contributed by atoms with Crippen molar-refractivity contribution in [1.29, 1.82) is 0 Å². The topological polar surface area (TPSA) is 101 Å². The van der Waals surface area contributed by atoms with Crippen molar-refractivity contribution in [1.82, 2.24) is 14.3 Å². The number of pyridine rings is 1. The maximum Gasteiger partial charge on any atom is 0.282 e. The smallest absolute Gasteiger partial charge is 0.282 e. The zero-order valence-corrected chi connectivity index (χ0v) is 19.5. The molecule has 4 rings (SSSR count). The highest BCUT2D eigenvalue weighted by Crippen LogP contribution is 2.36. The molecule has 0 radical (unpaired) electrons. The first kappa shape index (κ1) is 23.7. The van der Waals surface area contributed by atoms with E-state index in [4.69, 9.17) is 11.6 Å². The van der Waals surface area contributed by atoms with E-state index in [0.717, 1.165) is 6.26 Å². The van der Waals surface area contributed by atoms with Gasteiger partial charge in [0.2, 0.25) is 10.0 Å². The highest BCUT2D eigenvalue weighted by molar-refractivity contribution is 7.89. The molecule has 4 aromatic rings. The Kier molecular flexibility index (Phi) is 6.05. The van der Waals surface area contributed by atoms with E-state index in [2.05, 4.69) is 4.98 Å². The maximum absolute atomic E-state index is 14.7. The molecule has 0 aliphatic carbocycles. The summed E-state index contributed by atoms with van der Waals surface area (Å²) in [6.07, 6.45) is 2.21. The van der Waals surface area contributed by atoms with Crippen LogP contribution in [0.5, 0.6) is 0 Å². The van der Waals surface area contributed by atoms with Crippen molar-refractivity contribution in [2.75, 3.05) is 6.26 Å². The lowest BCUT2D eigenvalue weighted by Crippen LogP contribution is -2.32. The molecule has 2 aromatic heterocycles. The van der Waals surface area contributed by atoms with Crippen molar-refractivity contribution in [3.8, 4) is 11.1 Å². The number of amides is 1. The number of halogens is 3. The molecule has 11 heteroatoms. The molecule has 0 aliphatic heterocycles. The molecule has 2 aromatic carbocycles. The number of hydrogen-bond donors (Lipinski definition) is 2. The van der Waals surface area contributed by atoms with Gasteiger partial charge < -0.3 is 9.55 Å². The second-order valence-corrected chi connectivity index (χ2v) is 9.94. The molecular weight excluding hydrogens is 488 g/mol. The summed E-state index contributed by atoms with van der Waals surface area (Å²) in [5.74, 6) is -3.16. The van der Waals surface area contributed by atoms with E-state index in [1.807, 2.05) is 4.72 Å². The minimum absolute atomic E-state index is 0.0720. The fourth-order valence-electron chi connectivity index (χ4n) is 3.81. The van der Waals surface area contributed by atoms with Crippen LogP contribution in [0.15, 0.2) is 53.5 Å². The van der Waals surface area contributed by atoms with Crippen LogP contribution in [-0.2, 0) is 16.6 Å². The standard InChI is InChI=1S/C23H18ClF2N3O4S/c1-12-5-6-13(20(26)19(12)25)11-29-17-8-7-14(24)10-16(17)18(15-4-3-9-27-22(15)30)21(29)23(31)28-34(2,32)33/h3-10H,11H2,1-2H3,(H,27,30)(H,28,31). The van der Waals surface area contributed by atoms with E-state index in [1.54, 1.807) is 6.07 Å². The van der Waals surface area contributed by atoms with Gasteiger partial charge in [-0.15, -0.1) is 0 Å². The van der Waals surface area contributed by atoms with Crippen molar-refractivity contribution < 1.29 is 22.0 Å². The number of aromatic amines is 1. The summed E-state index contributed by atoms with van der Waals surface area (Å²) in [6.45, 7) is 1.10. The predicted octanol–water partition coefficient (Wildman–Crippen LogP) is 3.97. The Balaban J connectivity index is 2.10. The molecule has 0 aliphatic rings. The number of nitrogens with zero attached hydrogens (tertiary/aromatic N) is 1. The summed E-state index contributed by atoms with van der Waals surface area (Å²) in [6, 6.07) is 10.4. The van der Waals surface area contributed by atoms with Crippen molar-refractivity contribution in [2.24, 2.45) is 0 Å². The van der Waals surface area contributed by atoms with Crippen LogP contribution in [-0.4, -0.2) is 30.1 Å². The Morgan fingerprint density at radius 1 is 1.15 bits per heavy atom.